The molecule has 0 bridgehead atoms. The van der Waals surface area contributed by atoms with E-state index in [4.69, 9.17) is 9.47 Å². The number of benzene rings is 2. The summed E-state index contributed by atoms with van der Waals surface area (Å²) in [4.78, 5) is 35.7. The van der Waals surface area contributed by atoms with E-state index in [9.17, 15) is 14.4 Å². The van der Waals surface area contributed by atoms with Crippen molar-refractivity contribution < 1.29 is 23.9 Å². The van der Waals surface area contributed by atoms with E-state index >= 15 is 0 Å². The maximum Gasteiger partial charge on any atom is 0.326 e. The lowest BCUT2D eigenvalue weighted by molar-refractivity contribution is -0.152. The summed E-state index contributed by atoms with van der Waals surface area (Å²) in [7, 11) is 1.55. The quantitative estimate of drug-likeness (QED) is 0.740. The van der Waals surface area contributed by atoms with Crippen LogP contribution in [0.5, 0.6) is 5.75 Å². The van der Waals surface area contributed by atoms with Crippen molar-refractivity contribution in [1.82, 2.24) is 5.32 Å². The monoisotopic (exact) mass is 356 g/mol. The predicted molar refractivity (Wildman–Crippen MR) is 96.0 cm³/mol. The first kappa shape index (κ1) is 19.0. The highest BCUT2D eigenvalue weighted by Gasteiger charge is 2.18. The van der Waals surface area contributed by atoms with E-state index < -0.39 is 23.9 Å². The Morgan fingerprint density at radius 3 is 2.27 bits per heavy atom. The van der Waals surface area contributed by atoms with Gasteiger partial charge in [0.05, 0.1) is 7.11 Å². The summed E-state index contributed by atoms with van der Waals surface area (Å²) in [6.07, 6.45) is -1.00. The molecule has 0 heterocycles. The van der Waals surface area contributed by atoms with E-state index in [0.29, 0.717) is 17.0 Å². The molecule has 2 amide bonds. The molecule has 0 fully saturated rings. The van der Waals surface area contributed by atoms with Crippen LogP contribution in [0.25, 0.3) is 0 Å². The van der Waals surface area contributed by atoms with Crippen molar-refractivity contribution in [2.45, 2.75) is 13.0 Å². The Labute approximate surface area is 151 Å². The number of amides is 2. The zero-order chi connectivity index (χ0) is 18.9. The van der Waals surface area contributed by atoms with Crippen molar-refractivity contribution in [3.05, 3.63) is 60.2 Å². The molecule has 1 unspecified atom stereocenters. The minimum Gasteiger partial charge on any atom is -0.497 e. The van der Waals surface area contributed by atoms with Crippen LogP contribution in [0.1, 0.15) is 17.3 Å². The summed E-state index contributed by atoms with van der Waals surface area (Å²) in [5.74, 6) is -0.904. The molecule has 2 N–H and O–H groups in total. The van der Waals surface area contributed by atoms with Gasteiger partial charge in [-0.25, -0.2) is 0 Å². The van der Waals surface area contributed by atoms with Gasteiger partial charge in [0.2, 0.25) is 0 Å². The van der Waals surface area contributed by atoms with E-state index in [0.717, 1.165) is 0 Å². The fraction of sp³-hybridized carbons (Fsp3) is 0.211. The molecule has 7 heteroatoms. The van der Waals surface area contributed by atoms with Crippen LogP contribution >= 0.6 is 0 Å². The third kappa shape index (κ3) is 5.62. The Kier molecular flexibility index (Phi) is 6.73. The van der Waals surface area contributed by atoms with E-state index in [1.807, 2.05) is 0 Å². The van der Waals surface area contributed by atoms with Gasteiger partial charge in [-0.2, -0.15) is 0 Å². The van der Waals surface area contributed by atoms with Gasteiger partial charge >= 0.3 is 5.97 Å². The number of carbonyl (C=O) groups excluding carboxylic acids is 3. The number of anilines is 1. The number of esters is 1. The number of hydrogen-bond donors (Lipinski definition) is 2. The summed E-state index contributed by atoms with van der Waals surface area (Å²) < 4.78 is 10.1. The molecular weight excluding hydrogens is 336 g/mol. The highest BCUT2D eigenvalue weighted by molar-refractivity contribution is 5.97. The van der Waals surface area contributed by atoms with Crippen LogP contribution in [0, 0.1) is 0 Å². The second kappa shape index (κ2) is 9.22. The van der Waals surface area contributed by atoms with Crippen molar-refractivity contribution in [3.8, 4) is 5.75 Å². The Balaban J connectivity index is 1.78. The molecule has 2 rings (SSSR count). The SMILES string of the molecule is COc1ccc(NC(=O)C(C)OC(=O)CNC(=O)c2ccccc2)cc1. The molecule has 0 saturated carbocycles. The van der Waals surface area contributed by atoms with Gasteiger partial charge in [0.1, 0.15) is 12.3 Å². The number of ether oxygens (including phenoxy) is 2. The maximum absolute atomic E-state index is 12.1. The first-order valence-corrected chi connectivity index (χ1v) is 7.97. The average molecular weight is 356 g/mol. The van der Waals surface area contributed by atoms with Crippen LogP contribution in [0.2, 0.25) is 0 Å². The van der Waals surface area contributed by atoms with E-state index in [1.165, 1.54) is 6.92 Å². The smallest absolute Gasteiger partial charge is 0.326 e. The van der Waals surface area contributed by atoms with Gasteiger partial charge in [-0.05, 0) is 43.3 Å². The normalized spacial score (nSPS) is 11.2. The highest BCUT2D eigenvalue weighted by atomic mass is 16.5. The first-order valence-electron chi connectivity index (χ1n) is 7.97. The summed E-state index contributed by atoms with van der Waals surface area (Å²) in [5.41, 5.74) is 0.988. The lowest BCUT2D eigenvalue weighted by Crippen LogP contribution is -2.35. The molecule has 0 radical (unpaired) electrons. The molecule has 1 atom stereocenters. The molecule has 0 saturated heterocycles. The summed E-state index contributed by atoms with van der Waals surface area (Å²) >= 11 is 0. The minimum absolute atomic E-state index is 0.326. The average Bonchev–Trinajstić information content (AvgIpc) is 2.67. The van der Waals surface area contributed by atoms with Gasteiger partial charge in [0.25, 0.3) is 11.8 Å². The predicted octanol–water partition coefficient (Wildman–Crippen LogP) is 2.00. The third-order valence-electron chi connectivity index (χ3n) is 3.46. The Morgan fingerprint density at radius 2 is 1.65 bits per heavy atom. The number of methoxy groups -OCH3 is 1. The van der Waals surface area contributed by atoms with Gasteiger partial charge in [0, 0.05) is 11.3 Å². The topological polar surface area (TPSA) is 93.7 Å². The van der Waals surface area contributed by atoms with Crippen LogP contribution < -0.4 is 15.4 Å². The minimum atomic E-state index is -1.00. The molecule has 0 aliphatic heterocycles. The van der Waals surface area contributed by atoms with E-state index in [2.05, 4.69) is 10.6 Å². The Hall–Kier alpha value is -3.35. The Morgan fingerprint density at radius 1 is 1.00 bits per heavy atom. The molecule has 26 heavy (non-hydrogen) atoms. The fourth-order valence-electron chi connectivity index (χ4n) is 2.05. The molecule has 0 aliphatic rings. The van der Waals surface area contributed by atoms with Crippen LogP contribution in [0.3, 0.4) is 0 Å². The molecule has 2 aromatic rings. The number of rotatable bonds is 7. The summed E-state index contributed by atoms with van der Waals surface area (Å²) in [5, 5.41) is 5.08. The molecular formula is C19H20N2O5. The number of carbonyl (C=O) groups is 3. The molecule has 7 nitrogen and oxygen atoms in total. The zero-order valence-corrected chi connectivity index (χ0v) is 14.5. The van der Waals surface area contributed by atoms with Crippen LogP contribution in [0.4, 0.5) is 5.69 Å². The van der Waals surface area contributed by atoms with Crippen molar-refractivity contribution in [3.63, 3.8) is 0 Å². The lowest BCUT2D eigenvalue weighted by Gasteiger charge is -2.14. The first-order chi connectivity index (χ1) is 12.5. The largest absolute Gasteiger partial charge is 0.497 e. The van der Waals surface area contributed by atoms with Gasteiger partial charge in [-0.15, -0.1) is 0 Å². The van der Waals surface area contributed by atoms with Gasteiger partial charge in [0.15, 0.2) is 6.10 Å². The summed E-state index contributed by atoms with van der Waals surface area (Å²) in [6.45, 7) is 1.13. The number of nitrogens with one attached hydrogen (secondary N) is 2. The van der Waals surface area contributed by atoms with Crippen LogP contribution in [-0.2, 0) is 14.3 Å². The molecule has 136 valence electrons. The standard InChI is InChI=1S/C19H20N2O5/c1-13(18(23)21-15-8-10-16(25-2)11-9-15)26-17(22)12-20-19(24)14-6-4-3-5-7-14/h3-11,13H,12H2,1-2H3,(H,20,24)(H,21,23). The van der Waals surface area contributed by atoms with E-state index in [-0.39, 0.29) is 6.54 Å². The molecule has 0 aromatic heterocycles. The van der Waals surface area contributed by atoms with Gasteiger partial charge < -0.3 is 20.1 Å². The van der Waals surface area contributed by atoms with Crippen LogP contribution in [-0.4, -0.2) is 37.5 Å². The summed E-state index contributed by atoms with van der Waals surface area (Å²) in [6, 6.07) is 15.2. The molecule has 0 aliphatic carbocycles. The van der Waals surface area contributed by atoms with Crippen molar-refractivity contribution in [2.75, 3.05) is 19.0 Å². The van der Waals surface area contributed by atoms with Crippen molar-refractivity contribution in [1.29, 1.82) is 0 Å². The van der Waals surface area contributed by atoms with Gasteiger partial charge in [-0.3, -0.25) is 14.4 Å². The zero-order valence-electron chi connectivity index (χ0n) is 14.5. The number of hydrogen-bond acceptors (Lipinski definition) is 5. The lowest BCUT2D eigenvalue weighted by atomic mass is 10.2. The Bertz CT molecular complexity index is 759. The third-order valence-corrected chi connectivity index (χ3v) is 3.46. The van der Waals surface area contributed by atoms with E-state index in [1.54, 1.807) is 61.7 Å². The van der Waals surface area contributed by atoms with Crippen molar-refractivity contribution in [2.24, 2.45) is 0 Å². The van der Waals surface area contributed by atoms with Crippen LogP contribution in [0.15, 0.2) is 54.6 Å². The maximum atomic E-state index is 12.1. The second-order valence-electron chi connectivity index (χ2n) is 5.40. The van der Waals surface area contributed by atoms with Gasteiger partial charge in [-0.1, -0.05) is 18.2 Å². The molecule has 2 aromatic carbocycles. The highest BCUT2D eigenvalue weighted by Crippen LogP contribution is 2.15. The van der Waals surface area contributed by atoms with Crippen molar-refractivity contribution >= 4 is 23.5 Å². The second-order valence-corrected chi connectivity index (χ2v) is 5.40. The fourth-order valence-corrected chi connectivity index (χ4v) is 2.05. The molecule has 0 spiro atoms.